The minimum atomic E-state index is -3.77. The number of hydrogen-bond donors (Lipinski definition) is 2. The number of pyridine rings is 1. The van der Waals surface area contributed by atoms with E-state index in [4.69, 9.17) is 0 Å². The van der Waals surface area contributed by atoms with E-state index in [1.165, 1.54) is 18.3 Å². The first-order valence-corrected chi connectivity index (χ1v) is 11.0. The zero-order valence-electron chi connectivity index (χ0n) is 16.4. The fourth-order valence-corrected chi connectivity index (χ4v) is 3.99. The second-order valence-corrected chi connectivity index (χ2v) is 8.42. The van der Waals surface area contributed by atoms with E-state index in [1.807, 2.05) is 42.5 Å². The van der Waals surface area contributed by atoms with Gasteiger partial charge in [-0.1, -0.05) is 48.5 Å². The maximum absolute atomic E-state index is 12.5. The molecule has 1 heterocycles. The smallest absolute Gasteiger partial charge is 0.263 e. The average molecular weight is 430 g/mol. The molecule has 4 aromatic rings. The van der Waals surface area contributed by atoms with Crippen LogP contribution in [0.1, 0.15) is 10.4 Å². The summed E-state index contributed by atoms with van der Waals surface area (Å²) in [6.45, 7) is 0. The molecule has 2 N–H and O–H groups in total. The summed E-state index contributed by atoms with van der Waals surface area (Å²) in [4.78, 5) is 16.6. The van der Waals surface area contributed by atoms with Gasteiger partial charge in [0.2, 0.25) is 0 Å². The van der Waals surface area contributed by atoms with Crippen molar-refractivity contribution in [3.05, 3.63) is 109 Å². The Morgan fingerprint density at radius 1 is 0.710 bits per heavy atom. The maximum atomic E-state index is 12.5. The molecule has 0 spiro atoms. The number of amides is 1. The number of nitrogens with zero attached hydrogens (tertiary/aromatic N) is 1. The molecule has 0 aliphatic heterocycles. The van der Waals surface area contributed by atoms with Crippen LogP contribution in [0.4, 0.5) is 11.5 Å². The highest BCUT2D eigenvalue weighted by Gasteiger charge is 2.15. The first kappa shape index (κ1) is 20.3. The Labute approximate surface area is 180 Å². The van der Waals surface area contributed by atoms with Crippen molar-refractivity contribution in [2.24, 2.45) is 0 Å². The van der Waals surface area contributed by atoms with E-state index >= 15 is 0 Å². The lowest BCUT2D eigenvalue weighted by Gasteiger charge is -2.09. The predicted octanol–water partition coefficient (Wildman–Crippen LogP) is 4.80. The van der Waals surface area contributed by atoms with Gasteiger partial charge in [0.1, 0.15) is 5.82 Å². The number of sulfonamides is 1. The van der Waals surface area contributed by atoms with Gasteiger partial charge in [0.05, 0.1) is 4.90 Å². The molecule has 0 saturated heterocycles. The van der Waals surface area contributed by atoms with Crippen molar-refractivity contribution in [1.29, 1.82) is 0 Å². The number of hydrogen-bond acceptors (Lipinski definition) is 4. The van der Waals surface area contributed by atoms with Gasteiger partial charge in [-0.05, 0) is 59.7 Å². The highest BCUT2D eigenvalue weighted by atomic mass is 32.2. The van der Waals surface area contributed by atoms with E-state index in [-0.39, 0.29) is 16.6 Å². The summed E-state index contributed by atoms with van der Waals surface area (Å²) >= 11 is 0. The van der Waals surface area contributed by atoms with Crippen molar-refractivity contribution in [3.8, 4) is 11.1 Å². The summed E-state index contributed by atoms with van der Waals surface area (Å²) in [7, 11) is -3.77. The molecular weight excluding hydrogens is 410 g/mol. The van der Waals surface area contributed by atoms with Crippen LogP contribution in [-0.2, 0) is 10.0 Å². The molecular formula is C24H19N3O3S. The van der Waals surface area contributed by atoms with Crippen molar-refractivity contribution in [1.82, 2.24) is 4.98 Å². The number of rotatable bonds is 6. The van der Waals surface area contributed by atoms with Crippen LogP contribution in [0.15, 0.2) is 108 Å². The summed E-state index contributed by atoms with van der Waals surface area (Å²) in [5, 5.41) is 2.78. The molecule has 0 saturated carbocycles. The van der Waals surface area contributed by atoms with Crippen molar-refractivity contribution in [2.45, 2.75) is 4.90 Å². The van der Waals surface area contributed by atoms with E-state index in [9.17, 15) is 13.2 Å². The Bertz CT molecular complexity index is 1270. The second kappa shape index (κ2) is 8.81. The summed E-state index contributed by atoms with van der Waals surface area (Å²) in [5.74, 6) is -0.0411. The largest absolute Gasteiger partial charge is 0.322 e. The molecule has 0 bridgehead atoms. The zero-order chi connectivity index (χ0) is 21.7. The molecule has 0 atom stereocenters. The summed E-state index contributed by atoms with van der Waals surface area (Å²) in [6.07, 6.45) is 1.50. The number of benzene rings is 3. The molecule has 6 nitrogen and oxygen atoms in total. The fraction of sp³-hybridized carbons (Fsp3) is 0. The molecule has 1 aromatic heterocycles. The van der Waals surface area contributed by atoms with Gasteiger partial charge in [-0.25, -0.2) is 13.4 Å². The quantitative estimate of drug-likeness (QED) is 0.461. The Kier molecular flexibility index (Phi) is 5.77. The predicted molar refractivity (Wildman–Crippen MR) is 121 cm³/mol. The number of carbonyl (C=O) groups excluding carboxylic acids is 1. The SMILES string of the molecule is O=C(Nc1ccc(S(=O)(=O)Nc2ccccn2)cc1)c1ccc(-c2ccccc2)cc1. The first-order chi connectivity index (χ1) is 15.0. The first-order valence-electron chi connectivity index (χ1n) is 9.52. The lowest BCUT2D eigenvalue weighted by atomic mass is 10.0. The van der Waals surface area contributed by atoms with Gasteiger partial charge >= 0.3 is 0 Å². The van der Waals surface area contributed by atoms with Crippen LogP contribution < -0.4 is 10.0 Å². The van der Waals surface area contributed by atoms with E-state index in [1.54, 1.807) is 42.5 Å². The molecule has 0 radical (unpaired) electrons. The van der Waals surface area contributed by atoms with Gasteiger partial charge < -0.3 is 5.32 Å². The van der Waals surface area contributed by atoms with Gasteiger partial charge in [-0.3, -0.25) is 9.52 Å². The topological polar surface area (TPSA) is 88.2 Å². The number of aromatic nitrogens is 1. The Balaban J connectivity index is 1.43. The van der Waals surface area contributed by atoms with E-state index in [0.717, 1.165) is 11.1 Å². The van der Waals surface area contributed by atoms with Gasteiger partial charge in [-0.15, -0.1) is 0 Å². The number of anilines is 2. The second-order valence-electron chi connectivity index (χ2n) is 6.74. The minimum absolute atomic E-state index is 0.0726. The summed E-state index contributed by atoms with van der Waals surface area (Å²) in [6, 6.07) is 28.1. The van der Waals surface area contributed by atoms with Gasteiger partial charge in [-0.2, -0.15) is 0 Å². The maximum Gasteiger partial charge on any atom is 0.263 e. The van der Waals surface area contributed by atoms with Crippen molar-refractivity contribution >= 4 is 27.4 Å². The third-order valence-corrected chi connectivity index (χ3v) is 5.95. The Hall–Kier alpha value is -3.97. The fourth-order valence-electron chi connectivity index (χ4n) is 2.99. The molecule has 154 valence electrons. The van der Waals surface area contributed by atoms with E-state index in [2.05, 4.69) is 15.0 Å². The molecule has 7 heteroatoms. The van der Waals surface area contributed by atoms with Crippen LogP contribution in [-0.4, -0.2) is 19.3 Å². The number of carbonyl (C=O) groups is 1. The van der Waals surface area contributed by atoms with Crippen molar-refractivity contribution < 1.29 is 13.2 Å². The molecule has 1 amide bonds. The van der Waals surface area contributed by atoms with Gasteiger partial charge in [0, 0.05) is 17.4 Å². The average Bonchev–Trinajstić information content (AvgIpc) is 2.80. The van der Waals surface area contributed by atoms with Crippen molar-refractivity contribution in [2.75, 3.05) is 10.0 Å². The molecule has 3 aromatic carbocycles. The van der Waals surface area contributed by atoms with Crippen molar-refractivity contribution in [3.63, 3.8) is 0 Å². The number of nitrogens with one attached hydrogen (secondary N) is 2. The molecule has 0 aliphatic rings. The lowest BCUT2D eigenvalue weighted by molar-refractivity contribution is 0.102. The Morgan fingerprint density at radius 2 is 1.35 bits per heavy atom. The van der Waals surface area contributed by atoms with Gasteiger partial charge in [0.15, 0.2) is 0 Å². The normalized spacial score (nSPS) is 11.0. The van der Waals surface area contributed by atoms with Gasteiger partial charge in [0.25, 0.3) is 15.9 Å². The molecule has 0 fully saturated rings. The summed E-state index contributed by atoms with van der Waals surface area (Å²) in [5.41, 5.74) is 3.10. The Morgan fingerprint density at radius 3 is 2.00 bits per heavy atom. The third-order valence-electron chi connectivity index (χ3n) is 4.58. The highest BCUT2D eigenvalue weighted by molar-refractivity contribution is 7.92. The molecule has 0 unspecified atom stereocenters. The lowest BCUT2D eigenvalue weighted by Crippen LogP contribution is -2.14. The standard InChI is InChI=1S/C24H19N3O3S/c28-24(20-11-9-19(10-12-20)18-6-2-1-3-7-18)26-21-13-15-22(16-14-21)31(29,30)27-23-8-4-5-17-25-23/h1-17H,(H,25,27)(H,26,28). The van der Waals surface area contributed by atoms with Crippen LogP contribution in [0.5, 0.6) is 0 Å². The van der Waals surface area contributed by atoms with Crippen LogP contribution >= 0.6 is 0 Å². The summed E-state index contributed by atoms with van der Waals surface area (Å²) < 4.78 is 27.3. The minimum Gasteiger partial charge on any atom is -0.322 e. The highest BCUT2D eigenvalue weighted by Crippen LogP contribution is 2.21. The third kappa shape index (κ3) is 4.96. The van der Waals surface area contributed by atoms with Crippen LogP contribution in [0.25, 0.3) is 11.1 Å². The van der Waals surface area contributed by atoms with E-state index < -0.39 is 10.0 Å². The molecule has 31 heavy (non-hydrogen) atoms. The van der Waals surface area contributed by atoms with Crippen LogP contribution in [0.3, 0.4) is 0 Å². The molecule has 4 rings (SSSR count). The zero-order valence-corrected chi connectivity index (χ0v) is 17.2. The molecule has 0 aliphatic carbocycles. The monoisotopic (exact) mass is 429 g/mol. The van der Waals surface area contributed by atoms with E-state index in [0.29, 0.717) is 11.3 Å². The van der Waals surface area contributed by atoms with Crippen LogP contribution in [0, 0.1) is 0 Å². The van der Waals surface area contributed by atoms with Crippen LogP contribution in [0.2, 0.25) is 0 Å².